The van der Waals surface area contributed by atoms with E-state index in [1.807, 2.05) is 58.0 Å². The summed E-state index contributed by atoms with van der Waals surface area (Å²) in [6.07, 6.45) is 10.1. The number of rotatable bonds is 3. The second kappa shape index (κ2) is 15.2. The molecule has 0 saturated carbocycles. The van der Waals surface area contributed by atoms with Crippen LogP contribution >= 0.6 is 0 Å². The number of aryl methyl sites for hydroxylation is 1. The Morgan fingerprint density at radius 3 is 2.06 bits per heavy atom. The van der Waals surface area contributed by atoms with Gasteiger partial charge < -0.3 is 4.52 Å². The maximum absolute atomic E-state index is 10.3. The summed E-state index contributed by atoms with van der Waals surface area (Å²) in [5, 5.41) is 4.01. The summed E-state index contributed by atoms with van der Waals surface area (Å²) >= 11 is 0. The first kappa shape index (κ1) is 28.3. The Labute approximate surface area is 187 Å². The van der Waals surface area contributed by atoms with Gasteiger partial charge in [-0.05, 0) is 33.6 Å². The number of aromatic nitrogens is 1. The van der Waals surface area contributed by atoms with Gasteiger partial charge in [0.05, 0.1) is 6.26 Å². The van der Waals surface area contributed by atoms with Gasteiger partial charge in [-0.15, -0.1) is 0 Å². The van der Waals surface area contributed by atoms with E-state index in [-0.39, 0.29) is 6.42 Å². The summed E-state index contributed by atoms with van der Waals surface area (Å²) < 4.78 is 27.4. The number of carbonyl (C=O) groups is 1. The zero-order valence-corrected chi connectivity index (χ0v) is 20.5. The van der Waals surface area contributed by atoms with E-state index in [4.69, 9.17) is 4.52 Å². The van der Waals surface area contributed by atoms with Crippen LogP contribution in [0.5, 0.6) is 0 Å². The number of carbonyl (C=O) groups excluding carboxylic acids is 1. The molecule has 31 heavy (non-hydrogen) atoms. The highest BCUT2D eigenvalue weighted by molar-refractivity contribution is 7.89. The summed E-state index contributed by atoms with van der Waals surface area (Å²) in [6, 6.07) is 10.1. The lowest BCUT2D eigenvalue weighted by molar-refractivity contribution is -0.119. The monoisotopic (exact) mass is 448 g/mol. The number of sulfonamides is 1. The van der Waals surface area contributed by atoms with Crippen molar-refractivity contribution in [3.63, 3.8) is 0 Å². The fourth-order valence-corrected chi connectivity index (χ4v) is 2.84. The number of amides is 1. The van der Waals surface area contributed by atoms with E-state index in [0.29, 0.717) is 0 Å². The fourth-order valence-electron chi connectivity index (χ4n) is 2.28. The van der Waals surface area contributed by atoms with Crippen LogP contribution in [0.25, 0.3) is 11.3 Å². The highest BCUT2D eigenvalue weighted by Gasteiger charge is 2.08. The Hall–Kier alpha value is -2.67. The molecule has 1 amide bonds. The second-order valence-corrected chi connectivity index (χ2v) is 8.46. The molecule has 1 aliphatic carbocycles. The molecule has 1 heterocycles. The van der Waals surface area contributed by atoms with Gasteiger partial charge in [-0.1, -0.05) is 80.1 Å². The molecule has 0 spiro atoms. The topological polar surface area (TPSA) is 89.3 Å². The van der Waals surface area contributed by atoms with Crippen molar-refractivity contribution in [2.45, 2.75) is 60.8 Å². The van der Waals surface area contributed by atoms with Crippen LogP contribution in [0.4, 0.5) is 0 Å². The first-order chi connectivity index (χ1) is 14.6. The molecule has 1 N–H and O–H groups in total. The molecule has 7 heteroatoms. The SMILES string of the molecule is CC.CC1=CC=CCC1.CCC(=O)NS(C)(=O)=O.Cc1onc(-c2ccccc2)c1C. The third-order valence-corrected chi connectivity index (χ3v) is 4.65. The van der Waals surface area contributed by atoms with Crippen LogP contribution in [0.2, 0.25) is 0 Å². The first-order valence-electron chi connectivity index (χ1n) is 10.4. The van der Waals surface area contributed by atoms with Gasteiger partial charge in [0.15, 0.2) is 0 Å². The van der Waals surface area contributed by atoms with E-state index in [9.17, 15) is 13.2 Å². The molecular weight excluding hydrogens is 412 g/mol. The molecule has 3 rings (SSSR count). The summed E-state index contributed by atoms with van der Waals surface area (Å²) in [5.41, 5.74) is 4.67. The minimum Gasteiger partial charge on any atom is -0.361 e. The van der Waals surface area contributed by atoms with Crippen molar-refractivity contribution in [1.82, 2.24) is 9.88 Å². The largest absolute Gasteiger partial charge is 0.361 e. The lowest BCUT2D eigenvalue weighted by atomic mass is 10.1. The summed E-state index contributed by atoms with van der Waals surface area (Å²) in [6.45, 7) is 11.7. The van der Waals surface area contributed by atoms with Gasteiger partial charge in [0.1, 0.15) is 11.5 Å². The van der Waals surface area contributed by atoms with E-state index in [1.165, 1.54) is 18.4 Å². The fraction of sp³-hybridized carbons (Fsp3) is 0.417. The highest BCUT2D eigenvalue weighted by Crippen LogP contribution is 2.23. The zero-order chi connectivity index (χ0) is 23.9. The number of hydrogen-bond acceptors (Lipinski definition) is 5. The lowest BCUT2D eigenvalue weighted by Gasteiger charge is -1.98. The number of hydrogen-bond donors (Lipinski definition) is 1. The minimum absolute atomic E-state index is 0.188. The van der Waals surface area contributed by atoms with Gasteiger partial charge in [0.2, 0.25) is 15.9 Å². The summed E-state index contributed by atoms with van der Waals surface area (Å²) in [7, 11) is -3.33. The van der Waals surface area contributed by atoms with E-state index in [1.54, 1.807) is 11.6 Å². The molecule has 0 aliphatic heterocycles. The first-order valence-corrected chi connectivity index (χ1v) is 12.3. The molecule has 0 fully saturated rings. The lowest BCUT2D eigenvalue weighted by Crippen LogP contribution is -2.28. The van der Waals surface area contributed by atoms with E-state index in [0.717, 1.165) is 28.8 Å². The molecule has 6 nitrogen and oxygen atoms in total. The maximum atomic E-state index is 10.3. The van der Waals surface area contributed by atoms with Gasteiger partial charge in [0, 0.05) is 17.5 Å². The zero-order valence-electron chi connectivity index (χ0n) is 19.7. The number of nitrogens with one attached hydrogen (secondary N) is 1. The van der Waals surface area contributed by atoms with Crippen molar-refractivity contribution in [3.05, 3.63) is 65.5 Å². The number of benzene rings is 1. The molecular formula is C24H36N2O4S. The highest BCUT2D eigenvalue weighted by atomic mass is 32.2. The molecule has 2 aromatic rings. The number of allylic oxidation sites excluding steroid dienone is 4. The molecule has 1 aliphatic rings. The van der Waals surface area contributed by atoms with Crippen molar-refractivity contribution < 1.29 is 17.7 Å². The average Bonchev–Trinajstić information content (AvgIpc) is 3.09. The average molecular weight is 449 g/mol. The molecule has 0 saturated heterocycles. The van der Waals surface area contributed by atoms with Gasteiger partial charge >= 0.3 is 0 Å². The van der Waals surface area contributed by atoms with E-state index < -0.39 is 15.9 Å². The Balaban J connectivity index is 0.000000440. The van der Waals surface area contributed by atoms with E-state index >= 15 is 0 Å². The molecule has 0 radical (unpaired) electrons. The predicted octanol–water partition coefficient (Wildman–Crippen LogP) is 5.74. The second-order valence-electron chi connectivity index (χ2n) is 6.71. The molecule has 0 unspecified atom stereocenters. The molecule has 1 aromatic heterocycles. The van der Waals surface area contributed by atoms with Gasteiger partial charge in [0.25, 0.3) is 0 Å². The van der Waals surface area contributed by atoms with Crippen LogP contribution in [-0.2, 0) is 14.8 Å². The van der Waals surface area contributed by atoms with Gasteiger partial charge in [-0.25, -0.2) is 8.42 Å². The third kappa shape index (κ3) is 12.6. The Morgan fingerprint density at radius 2 is 1.74 bits per heavy atom. The summed E-state index contributed by atoms with van der Waals surface area (Å²) in [4.78, 5) is 10.3. The van der Waals surface area contributed by atoms with Crippen LogP contribution in [0.3, 0.4) is 0 Å². The Morgan fingerprint density at radius 1 is 1.13 bits per heavy atom. The van der Waals surface area contributed by atoms with Gasteiger partial charge in [-0.2, -0.15) is 0 Å². The number of nitrogens with zero attached hydrogens (tertiary/aromatic N) is 1. The quantitative estimate of drug-likeness (QED) is 0.647. The van der Waals surface area contributed by atoms with Crippen molar-refractivity contribution in [2.24, 2.45) is 0 Å². The standard InChI is InChI=1S/C11H11NO.C7H10.C4H9NO3S.C2H6/c1-8-9(2)13-12-11(8)10-6-4-3-5-7-10;1-7-5-3-2-4-6-7;1-3-4(6)5-9(2,7)8;1-2/h3-7H,1-2H3;2-3,5H,4,6H2,1H3;3H2,1-2H3,(H,5,6);1-2H3. The van der Waals surface area contributed by atoms with Crippen LogP contribution in [0.15, 0.2) is 58.7 Å². The minimum atomic E-state index is -3.33. The van der Waals surface area contributed by atoms with Crippen molar-refractivity contribution in [2.75, 3.05) is 6.26 Å². The van der Waals surface area contributed by atoms with Crippen LogP contribution in [-0.4, -0.2) is 25.7 Å². The Bertz CT molecular complexity index is 943. The van der Waals surface area contributed by atoms with Crippen LogP contribution in [0, 0.1) is 13.8 Å². The maximum Gasteiger partial charge on any atom is 0.233 e. The smallest absolute Gasteiger partial charge is 0.233 e. The van der Waals surface area contributed by atoms with Crippen molar-refractivity contribution in [1.29, 1.82) is 0 Å². The predicted molar refractivity (Wildman–Crippen MR) is 128 cm³/mol. The molecule has 0 bridgehead atoms. The van der Waals surface area contributed by atoms with Crippen LogP contribution < -0.4 is 4.72 Å². The van der Waals surface area contributed by atoms with E-state index in [2.05, 4.69) is 30.3 Å². The Kier molecular flexibility index (Phi) is 13.9. The molecule has 172 valence electrons. The van der Waals surface area contributed by atoms with Crippen molar-refractivity contribution in [3.8, 4) is 11.3 Å². The summed E-state index contributed by atoms with van der Waals surface area (Å²) in [5.74, 6) is 0.413. The van der Waals surface area contributed by atoms with Crippen LogP contribution in [0.1, 0.15) is 58.3 Å². The van der Waals surface area contributed by atoms with Gasteiger partial charge in [-0.3, -0.25) is 9.52 Å². The molecule has 0 atom stereocenters. The normalized spacial score (nSPS) is 12.0. The molecule has 1 aromatic carbocycles. The van der Waals surface area contributed by atoms with Crippen molar-refractivity contribution >= 4 is 15.9 Å². The third-order valence-electron chi connectivity index (χ3n) is 4.05.